The van der Waals surface area contributed by atoms with E-state index in [4.69, 9.17) is 0 Å². The lowest BCUT2D eigenvalue weighted by molar-refractivity contribution is -0.130. The second-order valence-electron chi connectivity index (χ2n) is 5.41. The largest absolute Gasteiger partial charge is 0.355 e. The Bertz CT molecular complexity index is 320. The van der Waals surface area contributed by atoms with Gasteiger partial charge in [-0.25, -0.2) is 0 Å². The number of amides is 2. The van der Waals surface area contributed by atoms with Gasteiger partial charge in [0.2, 0.25) is 11.8 Å². The van der Waals surface area contributed by atoms with E-state index in [-0.39, 0.29) is 17.2 Å². The molecule has 18 heavy (non-hydrogen) atoms. The molecule has 1 heterocycles. The molecule has 5 heteroatoms. The van der Waals surface area contributed by atoms with Gasteiger partial charge < -0.3 is 16.0 Å². The van der Waals surface area contributed by atoms with Gasteiger partial charge in [-0.2, -0.15) is 0 Å². The zero-order valence-electron chi connectivity index (χ0n) is 11.1. The van der Waals surface area contributed by atoms with E-state index in [0.717, 1.165) is 38.8 Å². The summed E-state index contributed by atoms with van der Waals surface area (Å²) >= 11 is 0. The SMILES string of the molecule is CCC1(C(=O)NCCC(=O)NC2CC2)CCNC1. The van der Waals surface area contributed by atoms with Crippen LogP contribution in [0.2, 0.25) is 0 Å². The normalized spacial score (nSPS) is 26.9. The Kier molecular flexibility index (Phi) is 4.22. The van der Waals surface area contributed by atoms with Crippen LogP contribution in [0, 0.1) is 5.41 Å². The first-order valence-corrected chi connectivity index (χ1v) is 6.95. The van der Waals surface area contributed by atoms with Gasteiger partial charge in [-0.3, -0.25) is 9.59 Å². The van der Waals surface area contributed by atoms with Gasteiger partial charge in [-0.1, -0.05) is 6.92 Å². The third kappa shape index (κ3) is 3.22. The van der Waals surface area contributed by atoms with E-state index in [1.165, 1.54) is 0 Å². The fourth-order valence-electron chi connectivity index (χ4n) is 2.40. The third-order valence-corrected chi connectivity index (χ3v) is 3.98. The highest BCUT2D eigenvalue weighted by Gasteiger charge is 2.39. The van der Waals surface area contributed by atoms with Crippen LogP contribution in [0.1, 0.15) is 39.0 Å². The van der Waals surface area contributed by atoms with Crippen molar-refractivity contribution < 1.29 is 9.59 Å². The molecule has 2 fully saturated rings. The lowest BCUT2D eigenvalue weighted by atomic mass is 9.83. The van der Waals surface area contributed by atoms with E-state index in [0.29, 0.717) is 19.0 Å². The van der Waals surface area contributed by atoms with Gasteiger partial charge in [0.05, 0.1) is 5.41 Å². The summed E-state index contributed by atoms with van der Waals surface area (Å²) in [7, 11) is 0. The molecular weight excluding hydrogens is 230 g/mol. The molecule has 1 saturated heterocycles. The van der Waals surface area contributed by atoms with Crippen molar-refractivity contribution in [3.05, 3.63) is 0 Å². The maximum Gasteiger partial charge on any atom is 0.227 e. The van der Waals surface area contributed by atoms with Crippen molar-refractivity contribution in [2.24, 2.45) is 5.41 Å². The van der Waals surface area contributed by atoms with Crippen molar-refractivity contribution in [2.75, 3.05) is 19.6 Å². The second kappa shape index (κ2) is 5.69. The molecule has 1 saturated carbocycles. The molecule has 102 valence electrons. The number of carbonyl (C=O) groups is 2. The van der Waals surface area contributed by atoms with Crippen molar-refractivity contribution in [3.8, 4) is 0 Å². The van der Waals surface area contributed by atoms with Crippen molar-refractivity contribution >= 4 is 11.8 Å². The Balaban J connectivity index is 1.68. The Morgan fingerprint density at radius 2 is 2.17 bits per heavy atom. The summed E-state index contributed by atoms with van der Waals surface area (Å²) < 4.78 is 0. The highest BCUT2D eigenvalue weighted by atomic mass is 16.2. The first-order chi connectivity index (χ1) is 8.66. The maximum absolute atomic E-state index is 12.1. The van der Waals surface area contributed by atoms with Crippen LogP contribution in [0.4, 0.5) is 0 Å². The van der Waals surface area contributed by atoms with Crippen LogP contribution in [-0.2, 0) is 9.59 Å². The highest BCUT2D eigenvalue weighted by Crippen LogP contribution is 2.29. The van der Waals surface area contributed by atoms with E-state index in [2.05, 4.69) is 16.0 Å². The third-order valence-electron chi connectivity index (χ3n) is 3.98. The topological polar surface area (TPSA) is 70.2 Å². The van der Waals surface area contributed by atoms with Crippen molar-refractivity contribution in [1.82, 2.24) is 16.0 Å². The Labute approximate surface area is 108 Å². The number of hydrogen-bond acceptors (Lipinski definition) is 3. The van der Waals surface area contributed by atoms with Crippen molar-refractivity contribution in [1.29, 1.82) is 0 Å². The van der Waals surface area contributed by atoms with Gasteiger partial charge in [0, 0.05) is 25.6 Å². The van der Waals surface area contributed by atoms with Gasteiger partial charge in [0.15, 0.2) is 0 Å². The molecule has 1 aliphatic heterocycles. The van der Waals surface area contributed by atoms with Gasteiger partial charge in [0.25, 0.3) is 0 Å². The standard InChI is InChI=1S/C13H23N3O2/c1-2-13(6-8-14-9-13)12(18)15-7-5-11(17)16-10-3-4-10/h10,14H,2-9H2,1H3,(H,15,18)(H,16,17). The predicted molar refractivity (Wildman–Crippen MR) is 69.0 cm³/mol. The Morgan fingerprint density at radius 1 is 1.39 bits per heavy atom. The molecule has 2 rings (SSSR count). The van der Waals surface area contributed by atoms with Crippen LogP contribution in [0.5, 0.6) is 0 Å². The molecule has 0 bridgehead atoms. The minimum atomic E-state index is -0.257. The summed E-state index contributed by atoms with van der Waals surface area (Å²) in [6, 6.07) is 0.397. The second-order valence-corrected chi connectivity index (χ2v) is 5.41. The molecule has 2 aliphatic rings. The molecule has 1 atom stereocenters. The number of hydrogen-bond donors (Lipinski definition) is 3. The van der Waals surface area contributed by atoms with E-state index >= 15 is 0 Å². The molecule has 0 spiro atoms. The summed E-state index contributed by atoms with van der Waals surface area (Å²) in [6.07, 6.45) is 4.32. The minimum absolute atomic E-state index is 0.0490. The Morgan fingerprint density at radius 3 is 2.72 bits per heavy atom. The summed E-state index contributed by atoms with van der Waals surface area (Å²) in [5.41, 5.74) is -0.257. The average molecular weight is 253 g/mol. The first kappa shape index (κ1) is 13.3. The molecule has 0 aromatic carbocycles. The maximum atomic E-state index is 12.1. The predicted octanol–water partition coefficient (Wildman–Crippen LogP) is 0.161. The summed E-state index contributed by atoms with van der Waals surface area (Å²) in [5, 5.41) is 9.06. The molecular formula is C13H23N3O2. The lowest BCUT2D eigenvalue weighted by Gasteiger charge is -2.25. The summed E-state index contributed by atoms with van der Waals surface area (Å²) in [5.74, 6) is 0.141. The number of carbonyl (C=O) groups excluding carboxylic acids is 2. The summed E-state index contributed by atoms with van der Waals surface area (Å²) in [6.45, 7) is 4.15. The molecule has 0 radical (unpaired) electrons. The van der Waals surface area contributed by atoms with Crippen LogP contribution in [-0.4, -0.2) is 37.5 Å². The zero-order chi connectivity index (χ0) is 13.0. The van der Waals surface area contributed by atoms with Crippen LogP contribution in [0.15, 0.2) is 0 Å². The smallest absolute Gasteiger partial charge is 0.227 e. The molecule has 5 nitrogen and oxygen atoms in total. The van der Waals surface area contributed by atoms with Crippen molar-refractivity contribution in [3.63, 3.8) is 0 Å². The van der Waals surface area contributed by atoms with Crippen LogP contribution in [0.3, 0.4) is 0 Å². The molecule has 1 aliphatic carbocycles. The highest BCUT2D eigenvalue weighted by molar-refractivity contribution is 5.84. The molecule has 1 unspecified atom stereocenters. The fraction of sp³-hybridized carbons (Fsp3) is 0.846. The van der Waals surface area contributed by atoms with Crippen LogP contribution in [0.25, 0.3) is 0 Å². The number of nitrogens with one attached hydrogen (secondary N) is 3. The van der Waals surface area contributed by atoms with E-state index in [9.17, 15) is 9.59 Å². The van der Waals surface area contributed by atoms with Gasteiger partial charge >= 0.3 is 0 Å². The molecule has 0 aromatic rings. The fourth-order valence-corrected chi connectivity index (χ4v) is 2.40. The van der Waals surface area contributed by atoms with Gasteiger partial charge in [-0.05, 0) is 32.2 Å². The zero-order valence-corrected chi connectivity index (χ0v) is 11.1. The minimum Gasteiger partial charge on any atom is -0.355 e. The van der Waals surface area contributed by atoms with Crippen LogP contribution < -0.4 is 16.0 Å². The van der Waals surface area contributed by atoms with E-state index in [1.807, 2.05) is 6.92 Å². The summed E-state index contributed by atoms with van der Waals surface area (Å²) in [4.78, 5) is 23.6. The van der Waals surface area contributed by atoms with Gasteiger partial charge in [-0.15, -0.1) is 0 Å². The average Bonchev–Trinajstić information content (AvgIpc) is 3.03. The van der Waals surface area contributed by atoms with Crippen LogP contribution >= 0.6 is 0 Å². The van der Waals surface area contributed by atoms with Crippen molar-refractivity contribution in [2.45, 2.75) is 45.1 Å². The molecule has 0 aromatic heterocycles. The lowest BCUT2D eigenvalue weighted by Crippen LogP contribution is -2.43. The van der Waals surface area contributed by atoms with E-state index < -0.39 is 0 Å². The first-order valence-electron chi connectivity index (χ1n) is 6.95. The quantitative estimate of drug-likeness (QED) is 0.631. The molecule has 2 amide bonds. The molecule has 3 N–H and O–H groups in total. The number of rotatable bonds is 6. The van der Waals surface area contributed by atoms with E-state index in [1.54, 1.807) is 0 Å². The Hall–Kier alpha value is -1.10. The monoisotopic (exact) mass is 253 g/mol. The van der Waals surface area contributed by atoms with Gasteiger partial charge in [0.1, 0.15) is 0 Å².